The summed E-state index contributed by atoms with van der Waals surface area (Å²) in [5.74, 6) is 0.347. The molecule has 1 aromatic heterocycles. The first-order valence-corrected chi connectivity index (χ1v) is 6.11. The second kappa shape index (κ2) is 4.73. The summed E-state index contributed by atoms with van der Waals surface area (Å²) in [6.07, 6.45) is 7.13. The van der Waals surface area contributed by atoms with Gasteiger partial charge in [-0.15, -0.1) is 0 Å². The molecule has 0 bridgehead atoms. The predicted octanol–water partition coefficient (Wildman–Crippen LogP) is 2.83. The minimum atomic E-state index is -0.306. The van der Waals surface area contributed by atoms with E-state index in [9.17, 15) is 10.0 Å². The fourth-order valence-electron chi connectivity index (χ4n) is 2.59. The second-order valence-electron chi connectivity index (χ2n) is 4.80. The molecule has 0 spiro atoms. The molecule has 0 radical (unpaired) electrons. The molecule has 1 saturated carbocycles. The van der Waals surface area contributed by atoms with Gasteiger partial charge in [0.2, 0.25) is 0 Å². The topological polar surface area (TPSA) is 42.2 Å². The summed E-state index contributed by atoms with van der Waals surface area (Å²) in [5, 5.41) is 9.77. The molecule has 3 heteroatoms. The molecule has 2 rings (SSSR count). The normalized spacial score (nSPS) is 18.3. The van der Waals surface area contributed by atoms with E-state index in [-0.39, 0.29) is 5.56 Å². The molecule has 1 heterocycles. The van der Waals surface area contributed by atoms with Gasteiger partial charge in [-0.25, -0.2) is 0 Å². The molecule has 0 amide bonds. The summed E-state index contributed by atoms with van der Waals surface area (Å²) in [4.78, 5) is 11.5. The molecule has 0 saturated heterocycles. The van der Waals surface area contributed by atoms with Crippen molar-refractivity contribution in [2.75, 3.05) is 0 Å². The molecule has 1 aliphatic rings. The molecule has 88 valence electrons. The van der Waals surface area contributed by atoms with Gasteiger partial charge in [0.15, 0.2) is 0 Å². The Bertz CT molecular complexity index is 414. The molecule has 0 unspecified atom stereocenters. The van der Waals surface area contributed by atoms with Crippen LogP contribution in [0.25, 0.3) is 0 Å². The van der Waals surface area contributed by atoms with Gasteiger partial charge >= 0.3 is 0 Å². The first-order chi connectivity index (χ1) is 7.68. The van der Waals surface area contributed by atoms with Crippen molar-refractivity contribution in [3.8, 4) is 0 Å². The maximum atomic E-state index is 11.5. The van der Waals surface area contributed by atoms with Crippen LogP contribution in [0, 0.1) is 6.92 Å². The van der Waals surface area contributed by atoms with Crippen LogP contribution in [0.1, 0.15) is 55.7 Å². The van der Waals surface area contributed by atoms with Crippen LogP contribution in [0.4, 0.5) is 0 Å². The van der Waals surface area contributed by atoms with Crippen molar-refractivity contribution in [3.05, 3.63) is 33.7 Å². The summed E-state index contributed by atoms with van der Waals surface area (Å²) >= 11 is 0. The number of nitrogens with zero attached hydrogens (tertiary/aromatic N) is 1. The highest BCUT2D eigenvalue weighted by Gasteiger charge is 2.18. The molecule has 16 heavy (non-hydrogen) atoms. The second-order valence-corrected chi connectivity index (χ2v) is 4.80. The van der Waals surface area contributed by atoms with E-state index >= 15 is 0 Å². The summed E-state index contributed by atoms with van der Waals surface area (Å²) < 4.78 is 0.836. The van der Waals surface area contributed by atoms with Gasteiger partial charge in [-0.1, -0.05) is 25.7 Å². The van der Waals surface area contributed by atoms with E-state index < -0.39 is 0 Å². The van der Waals surface area contributed by atoms with Crippen LogP contribution in [0.5, 0.6) is 0 Å². The molecule has 0 aromatic carbocycles. The molecule has 1 aliphatic carbocycles. The van der Waals surface area contributed by atoms with Crippen LogP contribution in [-0.4, -0.2) is 9.94 Å². The SMILES string of the molecule is Cc1cc(C2CCCCCC2)n(O)c(=O)c1. The lowest BCUT2D eigenvalue weighted by Gasteiger charge is -2.16. The van der Waals surface area contributed by atoms with E-state index in [0.717, 1.165) is 28.8 Å². The van der Waals surface area contributed by atoms with Crippen LogP contribution >= 0.6 is 0 Å². The van der Waals surface area contributed by atoms with Gasteiger partial charge in [-0.3, -0.25) is 4.79 Å². The van der Waals surface area contributed by atoms with Crippen molar-refractivity contribution in [1.29, 1.82) is 0 Å². The van der Waals surface area contributed by atoms with Gasteiger partial charge in [0.05, 0.1) is 5.69 Å². The molecule has 1 N–H and O–H groups in total. The lowest BCUT2D eigenvalue weighted by molar-refractivity contribution is 0.159. The van der Waals surface area contributed by atoms with E-state index in [1.54, 1.807) is 0 Å². The third kappa shape index (κ3) is 2.29. The van der Waals surface area contributed by atoms with Gasteiger partial charge in [0, 0.05) is 12.0 Å². The van der Waals surface area contributed by atoms with Gasteiger partial charge in [-0.05, 0) is 31.4 Å². The number of aromatic nitrogens is 1. The Hall–Kier alpha value is -1.25. The standard InChI is InChI=1S/C13H19NO2/c1-10-8-12(14(16)13(15)9-10)11-6-4-2-3-5-7-11/h8-9,11,16H,2-7H2,1H3. The van der Waals surface area contributed by atoms with Crippen LogP contribution in [0.3, 0.4) is 0 Å². The minimum Gasteiger partial charge on any atom is -0.425 e. The third-order valence-corrected chi connectivity index (χ3v) is 3.45. The van der Waals surface area contributed by atoms with E-state index in [1.165, 1.54) is 31.7 Å². The molecule has 0 aliphatic heterocycles. The Labute approximate surface area is 95.7 Å². The number of hydrogen-bond acceptors (Lipinski definition) is 2. The highest BCUT2D eigenvalue weighted by Crippen LogP contribution is 2.30. The van der Waals surface area contributed by atoms with E-state index in [4.69, 9.17) is 0 Å². The highest BCUT2D eigenvalue weighted by molar-refractivity contribution is 5.19. The molecular formula is C13H19NO2. The smallest absolute Gasteiger partial charge is 0.283 e. The molecule has 1 fully saturated rings. The Morgan fingerprint density at radius 1 is 1.19 bits per heavy atom. The Morgan fingerprint density at radius 3 is 2.44 bits per heavy atom. The lowest BCUT2D eigenvalue weighted by atomic mass is 9.95. The minimum absolute atomic E-state index is 0.306. The lowest BCUT2D eigenvalue weighted by Crippen LogP contribution is -2.22. The highest BCUT2D eigenvalue weighted by atomic mass is 16.5. The first-order valence-electron chi connectivity index (χ1n) is 6.11. The van der Waals surface area contributed by atoms with Gasteiger partial charge in [0.25, 0.3) is 5.56 Å². The number of aryl methyl sites for hydroxylation is 1. The van der Waals surface area contributed by atoms with Gasteiger partial charge in [0.1, 0.15) is 0 Å². The van der Waals surface area contributed by atoms with Crippen molar-refractivity contribution >= 4 is 0 Å². The van der Waals surface area contributed by atoms with Crippen molar-refractivity contribution in [1.82, 2.24) is 4.73 Å². The van der Waals surface area contributed by atoms with Crippen molar-refractivity contribution in [2.24, 2.45) is 0 Å². The van der Waals surface area contributed by atoms with Crippen molar-refractivity contribution in [2.45, 2.75) is 51.4 Å². The third-order valence-electron chi connectivity index (χ3n) is 3.45. The van der Waals surface area contributed by atoms with Crippen molar-refractivity contribution in [3.63, 3.8) is 0 Å². The predicted molar refractivity (Wildman–Crippen MR) is 63.1 cm³/mol. The fraction of sp³-hybridized carbons (Fsp3) is 0.615. The maximum Gasteiger partial charge on any atom is 0.283 e. The molecule has 1 aromatic rings. The van der Waals surface area contributed by atoms with E-state index in [1.807, 2.05) is 13.0 Å². The number of rotatable bonds is 1. The Balaban J connectivity index is 2.34. The number of pyridine rings is 1. The Kier molecular flexibility index (Phi) is 3.32. The summed E-state index contributed by atoms with van der Waals surface area (Å²) in [5.41, 5.74) is 1.43. The van der Waals surface area contributed by atoms with E-state index in [0.29, 0.717) is 5.92 Å². The largest absolute Gasteiger partial charge is 0.425 e. The molecule has 3 nitrogen and oxygen atoms in total. The zero-order valence-electron chi connectivity index (χ0n) is 9.78. The Morgan fingerprint density at radius 2 is 1.81 bits per heavy atom. The van der Waals surface area contributed by atoms with Crippen LogP contribution < -0.4 is 5.56 Å². The molecule has 0 atom stereocenters. The maximum absolute atomic E-state index is 11.5. The van der Waals surface area contributed by atoms with Crippen molar-refractivity contribution < 1.29 is 5.21 Å². The first kappa shape index (κ1) is 11.2. The average Bonchev–Trinajstić information content (AvgIpc) is 2.51. The monoisotopic (exact) mass is 221 g/mol. The van der Waals surface area contributed by atoms with E-state index in [2.05, 4.69) is 0 Å². The van der Waals surface area contributed by atoms with Crippen LogP contribution in [0.2, 0.25) is 0 Å². The van der Waals surface area contributed by atoms with Gasteiger partial charge < -0.3 is 5.21 Å². The summed E-state index contributed by atoms with van der Waals surface area (Å²) in [6.45, 7) is 1.90. The van der Waals surface area contributed by atoms with Gasteiger partial charge in [-0.2, -0.15) is 4.73 Å². The average molecular weight is 221 g/mol. The summed E-state index contributed by atoms with van der Waals surface area (Å²) in [7, 11) is 0. The fourth-order valence-corrected chi connectivity index (χ4v) is 2.59. The molecular weight excluding hydrogens is 202 g/mol. The zero-order chi connectivity index (χ0) is 11.5. The number of hydrogen-bond donors (Lipinski definition) is 1. The quantitative estimate of drug-likeness (QED) is 0.585. The van der Waals surface area contributed by atoms with Crippen LogP contribution in [0.15, 0.2) is 16.9 Å². The zero-order valence-corrected chi connectivity index (χ0v) is 9.78. The van der Waals surface area contributed by atoms with Crippen LogP contribution in [-0.2, 0) is 0 Å². The summed E-state index contributed by atoms with van der Waals surface area (Å²) in [6, 6.07) is 3.41.